The third kappa shape index (κ3) is 1.80. The van der Waals surface area contributed by atoms with Gasteiger partial charge in [0.2, 0.25) is 5.91 Å². The van der Waals surface area contributed by atoms with Gasteiger partial charge in [-0.1, -0.05) is 25.9 Å². The molecule has 0 radical (unpaired) electrons. The van der Waals surface area contributed by atoms with Crippen LogP contribution in [-0.4, -0.2) is 17.7 Å². The molecule has 0 aliphatic heterocycles. The van der Waals surface area contributed by atoms with E-state index < -0.39 is 0 Å². The van der Waals surface area contributed by atoms with Crippen LogP contribution < -0.4 is 5.73 Å². The van der Waals surface area contributed by atoms with Gasteiger partial charge in [0.1, 0.15) is 6.10 Å². The molecule has 0 aromatic carbocycles. The second-order valence-electron chi connectivity index (χ2n) is 7.63. The average molecular weight is 278 g/mol. The van der Waals surface area contributed by atoms with Gasteiger partial charge in [0.25, 0.3) is 0 Å². The van der Waals surface area contributed by atoms with Crippen molar-refractivity contribution in [3.05, 3.63) is 0 Å². The van der Waals surface area contributed by atoms with E-state index in [1.165, 1.54) is 12.8 Å². The Labute approximate surface area is 121 Å². The van der Waals surface area contributed by atoms with E-state index in [1.54, 1.807) is 0 Å². The minimum Gasteiger partial charge on any atom is -0.392 e. The molecule has 0 aromatic rings. The fraction of sp³-hybridized carbons (Fsp3) is 0.875. The molecule has 4 heteroatoms. The quantitative estimate of drug-likeness (QED) is 0.807. The highest BCUT2D eigenvalue weighted by atomic mass is 16.6. The Morgan fingerprint density at radius 1 is 1.35 bits per heavy atom. The van der Waals surface area contributed by atoms with Crippen LogP contribution >= 0.6 is 0 Å². The zero-order valence-corrected chi connectivity index (χ0v) is 12.8. The molecule has 3 fully saturated rings. The van der Waals surface area contributed by atoms with Crippen molar-refractivity contribution in [3.8, 4) is 0 Å². The molecule has 3 aliphatic carbocycles. The lowest BCUT2D eigenvalue weighted by Gasteiger charge is -2.37. The number of primary amides is 1. The summed E-state index contributed by atoms with van der Waals surface area (Å²) in [6.07, 6.45) is 6.49. The van der Waals surface area contributed by atoms with E-state index in [9.17, 15) is 4.79 Å². The van der Waals surface area contributed by atoms with Crippen molar-refractivity contribution in [1.82, 2.24) is 0 Å². The van der Waals surface area contributed by atoms with Crippen LogP contribution in [0.25, 0.3) is 0 Å². The van der Waals surface area contributed by atoms with Crippen LogP contribution in [-0.2, 0) is 9.63 Å². The van der Waals surface area contributed by atoms with Gasteiger partial charge in [-0.15, -0.1) is 0 Å². The van der Waals surface area contributed by atoms with Crippen molar-refractivity contribution in [1.29, 1.82) is 0 Å². The Hall–Kier alpha value is -1.06. The maximum absolute atomic E-state index is 11.4. The molecule has 4 nitrogen and oxygen atoms in total. The van der Waals surface area contributed by atoms with E-state index in [1.807, 2.05) is 0 Å². The number of carbonyl (C=O) groups is 1. The molecule has 20 heavy (non-hydrogen) atoms. The summed E-state index contributed by atoms with van der Waals surface area (Å²) in [6.45, 7) is 7.07. The molecular weight excluding hydrogens is 252 g/mol. The maximum Gasteiger partial charge on any atom is 0.226 e. The first kappa shape index (κ1) is 13.9. The Kier molecular flexibility index (Phi) is 3.11. The normalized spacial score (nSPS) is 44.1. The van der Waals surface area contributed by atoms with Crippen molar-refractivity contribution in [2.24, 2.45) is 33.6 Å². The number of hydrogen-bond donors (Lipinski definition) is 1. The van der Waals surface area contributed by atoms with Crippen LogP contribution in [0, 0.1) is 22.7 Å². The van der Waals surface area contributed by atoms with E-state index in [0.29, 0.717) is 5.41 Å². The molecule has 112 valence electrons. The number of nitrogens with two attached hydrogens (primary N) is 1. The molecular formula is C16H26N2O2. The second-order valence-corrected chi connectivity index (χ2v) is 7.63. The third-order valence-electron chi connectivity index (χ3n) is 6.68. The molecule has 0 aromatic heterocycles. The van der Waals surface area contributed by atoms with Crippen LogP contribution in [0.1, 0.15) is 59.3 Å². The van der Waals surface area contributed by atoms with E-state index in [4.69, 9.17) is 10.6 Å². The van der Waals surface area contributed by atoms with Gasteiger partial charge >= 0.3 is 0 Å². The number of rotatable bonds is 3. The lowest BCUT2D eigenvalue weighted by molar-refractivity contribution is -0.119. The standard InChI is InChI=1S/C16H26N2O2/c1-15(2)10-7-8-16(15,3)13(9-10)20-18-12-6-4-5-11(12)14(17)19/h10-11,13H,4-9H2,1-3H3,(H2,17,19). The van der Waals surface area contributed by atoms with Crippen molar-refractivity contribution in [2.75, 3.05) is 0 Å². The Morgan fingerprint density at radius 2 is 2.10 bits per heavy atom. The van der Waals surface area contributed by atoms with Crippen molar-refractivity contribution >= 4 is 11.6 Å². The number of oxime groups is 1. The molecule has 1 amide bonds. The SMILES string of the molecule is CC1(C)C2CCC1(C)C(ON=C1CCCC1C(N)=O)C2. The zero-order chi connectivity index (χ0) is 14.5. The van der Waals surface area contributed by atoms with Crippen LogP contribution in [0.5, 0.6) is 0 Å². The molecule has 4 unspecified atom stereocenters. The summed E-state index contributed by atoms with van der Waals surface area (Å²) in [6, 6.07) is 0. The van der Waals surface area contributed by atoms with Crippen molar-refractivity contribution < 1.29 is 9.63 Å². The van der Waals surface area contributed by atoms with Crippen molar-refractivity contribution in [3.63, 3.8) is 0 Å². The minimum absolute atomic E-state index is 0.192. The van der Waals surface area contributed by atoms with Gasteiger partial charge in [0, 0.05) is 5.41 Å². The Morgan fingerprint density at radius 3 is 2.65 bits per heavy atom. The van der Waals surface area contributed by atoms with Gasteiger partial charge in [0.15, 0.2) is 0 Å². The number of carbonyl (C=O) groups excluding carboxylic acids is 1. The minimum atomic E-state index is -0.260. The zero-order valence-electron chi connectivity index (χ0n) is 12.8. The van der Waals surface area contributed by atoms with E-state index >= 15 is 0 Å². The highest BCUT2D eigenvalue weighted by Crippen LogP contribution is 2.66. The molecule has 3 aliphatic rings. The average Bonchev–Trinajstić information content (AvgIpc) is 2.98. The predicted molar refractivity (Wildman–Crippen MR) is 78.1 cm³/mol. The highest BCUT2D eigenvalue weighted by molar-refractivity contribution is 6.04. The van der Waals surface area contributed by atoms with Crippen LogP contribution in [0.4, 0.5) is 0 Å². The van der Waals surface area contributed by atoms with Gasteiger partial charge < -0.3 is 10.6 Å². The van der Waals surface area contributed by atoms with Gasteiger partial charge in [-0.25, -0.2) is 0 Å². The molecule has 2 N–H and O–H groups in total. The van der Waals surface area contributed by atoms with Crippen LogP contribution in [0.15, 0.2) is 5.16 Å². The lowest BCUT2D eigenvalue weighted by Crippen LogP contribution is -2.36. The fourth-order valence-corrected chi connectivity index (χ4v) is 4.66. The second kappa shape index (κ2) is 4.47. The maximum atomic E-state index is 11.4. The number of nitrogens with zero attached hydrogens (tertiary/aromatic N) is 1. The van der Waals surface area contributed by atoms with Gasteiger partial charge in [-0.3, -0.25) is 4.79 Å². The summed E-state index contributed by atoms with van der Waals surface area (Å²) < 4.78 is 0. The lowest BCUT2D eigenvalue weighted by atomic mass is 9.70. The van der Waals surface area contributed by atoms with Gasteiger partial charge in [-0.05, 0) is 49.9 Å². The molecule has 0 saturated heterocycles. The summed E-state index contributed by atoms with van der Waals surface area (Å²) in [5.74, 6) is 0.284. The van der Waals surface area contributed by atoms with Crippen molar-refractivity contribution in [2.45, 2.75) is 65.4 Å². The molecule has 3 saturated carbocycles. The van der Waals surface area contributed by atoms with Crippen LogP contribution in [0.3, 0.4) is 0 Å². The van der Waals surface area contributed by atoms with Crippen LogP contribution in [0.2, 0.25) is 0 Å². The molecule has 0 spiro atoms. The molecule has 0 heterocycles. The van der Waals surface area contributed by atoms with E-state index in [2.05, 4.69) is 25.9 Å². The molecule has 2 bridgehead atoms. The van der Waals surface area contributed by atoms with Gasteiger partial charge in [0.05, 0.1) is 11.6 Å². The third-order valence-corrected chi connectivity index (χ3v) is 6.68. The first-order valence-corrected chi connectivity index (χ1v) is 7.88. The first-order chi connectivity index (χ1) is 9.36. The monoisotopic (exact) mass is 278 g/mol. The number of amides is 1. The highest BCUT2D eigenvalue weighted by Gasteiger charge is 2.63. The Balaban J connectivity index is 1.73. The molecule has 3 rings (SSSR count). The van der Waals surface area contributed by atoms with E-state index in [-0.39, 0.29) is 23.3 Å². The summed E-state index contributed by atoms with van der Waals surface area (Å²) >= 11 is 0. The fourth-order valence-electron chi connectivity index (χ4n) is 4.66. The smallest absolute Gasteiger partial charge is 0.226 e. The van der Waals surface area contributed by atoms with Gasteiger partial charge in [-0.2, -0.15) is 0 Å². The predicted octanol–water partition coefficient (Wildman–Crippen LogP) is 2.86. The summed E-state index contributed by atoms with van der Waals surface area (Å²) in [5, 5.41) is 4.35. The number of hydrogen-bond acceptors (Lipinski definition) is 3. The first-order valence-electron chi connectivity index (χ1n) is 7.88. The summed E-state index contributed by atoms with van der Waals surface area (Å²) in [7, 11) is 0. The largest absolute Gasteiger partial charge is 0.392 e. The summed E-state index contributed by atoms with van der Waals surface area (Å²) in [5.41, 5.74) is 6.83. The Bertz CT molecular complexity index is 457. The molecule has 4 atom stereocenters. The number of fused-ring (bicyclic) bond motifs is 2. The summed E-state index contributed by atoms with van der Waals surface area (Å²) in [4.78, 5) is 17.3. The topological polar surface area (TPSA) is 64.7 Å². The van der Waals surface area contributed by atoms with E-state index in [0.717, 1.165) is 37.3 Å².